The van der Waals surface area contributed by atoms with E-state index in [9.17, 15) is 14.4 Å². The molecule has 2 amide bonds. The lowest BCUT2D eigenvalue weighted by Gasteiger charge is -2.07. The number of pyridine rings is 1. The lowest BCUT2D eigenvalue weighted by atomic mass is 10.1. The SMILES string of the molecule is CCCCNC(=O)c1ccc(CNC(=O)c2ccc(C(=O)O)nc2)cc1. The van der Waals surface area contributed by atoms with Crippen LogP contribution in [0.4, 0.5) is 0 Å². The van der Waals surface area contributed by atoms with Gasteiger partial charge in [0.05, 0.1) is 5.56 Å². The van der Waals surface area contributed by atoms with Crippen molar-refractivity contribution in [3.05, 3.63) is 65.0 Å². The van der Waals surface area contributed by atoms with E-state index in [1.807, 2.05) is 0 Å². The zero-order chi connectivity index (χ0) is 18.9. The van der Waals surface area contributed by atoms with Crippen LogP contribution in [0.25, 0.3) is 0 Å². The fraction of sp³-hybridized carbons (Fsp3) is 0.263. The zero-order valence-electron chi connectivity index (χ0n) is 14.5. The van der Waals surface area contributed by atoms with E-state index in [-0.39, 0.29) is 29.6 Å². The van der Waals surface area contributed by atoms with E-state index in [1.54, 1.807) is 24.3 Å². The molecule has 2 rings (SSSR count). The number of carbonyl (C=O) groups is 3. The molecule has 0 fully saturated rings. The molecule has 0 saturated heterocycles. The summed E-state index contributed by atoms with van der Waals surface area (Å²) in [6.45, 7) is 3.00. The number of amides is 2. The largest absolute Gasteiger partial charge is 0.477 e. The first-order valence-electron chi connectivity index (χ1n) is 8.36. The highest BCUT2D eigenvalue weighted by atomic mass is 16.4. The van der Waals surface area contributed by atoms with Crippen LogP contribution in [0.3, 0.4) is 0 Å². The number of aromatic nitrogens is 1. The van der Waals surface area contributed by atoms with Crippen molar-refractivity contribution in [2.45, 2.75) is 26.3 Å². The summed E-state index contributed by atoms with van der Waals surface area (Å²) in [5.74, 6) is -1.61. The minimum Gasteiger partial charge on any atom is -0.477 e. The van der Waals surface area contributed by atoms with Gasteiger partial charge in [-0.3, -0.25) is 9.59 Å². The topological polar surface area (TPSA) is 108 Å². The van der Waals surface area contributed by atoms with Crippen LogP contribution in [-0.2, 0) is 6.54 Å². The summed E-state index contributed by atoms with van der Waals surface area (Å²) >= 11 is 0. The Morgan fingerprint density at radius 3 is 2.19 bits per heavy atom. The fourth-order valence-corrected chi connectivity index (χ4v) is 2.19. The van der Waals surface area contributed by atoms with Crippen molar-refractivity contribution in [1.82, 2.24) is 15.6 Å². The molecular weight excluding hydrogens is 334 g/mol. The van der Waals surface area contributed by atoms with E-state index >= 15 is 0 Å². The second-order valence-electron chi connectivity index (χ2n) is 5.73. The van der Waals surface area contributed by atoms with Crippen LogP contribution in [0.2, 0.25) is 0 Å². The third-order valence-corrected chi connectivity index (χ3v) is 3.73. The molecule has 0 aliphatic rings. The highest BCUT2D eigenvalue weighted by Gasteiger charge is 2.09. The van der Waals surface area contributed by atoms with Gasteiger partial charge in [-0.2, -0.15) is 0 Å². The summed E-state index contributed by atoms with van der Waals surface area (Å²) in [6, 6.07) is 9.68. The maximum atomic E-state index is 12.1. The lowest BCUT2D eigenvalue weighted by Crippen LogP contribution is -2.25. The van der Waals surface area contributed by atoms with E-state index in [0.717, 1.165) is 18.4 Å². The minimum absolute atomic E-state index is 0.112. The van der Waals surface area contributed by atoms with Crippen molar-refractivity contribution in [3.8, 4) is 0 Å². The Bertz CT molecular complexity index is 770. The van der Waals surface area contributed by atoms with Crippen LogP contribution < -0.4 is 10.6 Å². The quantitative estimate of drug-likeness (QED) is 0.629. The van der Waals surface area contributed by atoms with E-state index in [0.29, 0.717) is 12.1 Å². The first kappa shape index (κ1) is 19.1. The number of nitrogens with one attached hydrogen (secondary N) is 2. The number of hydrogen-bond acceptors (Lipinski definition) is 4. The summed E-state index contributed by atoms with van der Waals surface area (Å²) in [7, 11) is 0. The molecular formula is C19H21N3O4. The Balaban J connectivity index is 1.87. The number of carboxylic acid groups (broad SMARTS) is 1. The van der Waals surface area contributed by atoms with E-state index < -0.39 is 5.97 Å². The van der Waals surface area contributed by atoms with Gasteiger partial charge < -0.3 is 15.7 Å². The van der Waals surface area contributed by atoms with Crippen LogP contribution in [0.1, 0.15) is 56.5 Å². The molecule has 26 heavy (non-hydrogen) atoms. The molecule has 0 spiro atoms. The molecule has 0 bridgehead atoms. The highest BCUT2D eigenvalue weighted by molar-refractivity contribution is 5.95. The fourth-order valence-electron chi connectivity index (χ4n) is 2.19. The van der Waals surface area contributed by atoms with Crippen molar-refractivity contribution in [2.75, 3.05) is 6.54 Å². The first-order chi connectivity index (χ1) is 12.5. The Hall–Kier alpha value is -3.22. The van der Waals surface area contributed by atoms with Crippen molar-refractivity contribution in [1.29, 1.82) is 0 Å². The Morgan fingerprint density at radius 2 is 1.62 bits per heavy atom. The van der Waals surface area contributed by atoms with E-state index in [2.05, 4.69) is 22.5 Å². The van der Waals surface area contributed by atoms with Gasteiger partial charge in [0.1, 0.15) is 5.69 Å². The van der Waals surface area contributed by atoms with Gasteiger partial charge in [0.15, 0.2) is 0 Å². The summed E-state index contributed by atoms with van der Waals surface area (Å²) < 4.78 is 0. The van der Waals surface area contributed by atoms with Crippen molar-refractivity contribution >= 4 is 17.8 Å². The lowest BCUT2D eigenvalue weighted by molar-refractivity contribution is 0.0689. The predicted octanol–water partition coefficient (Wildman–Crippen LogP) is 2.24. The van der Waals surface area contributed by atoms with Crippen LogP contribution >= 0.6 is 0 Å². The third kappa shape index (κ3) is 5.41. The monoisotopic (exact) mass is 355 g/mol. The standard InChI is InChI=1S/C19H21N3O4/c1-2-3-10-20-17(23)14-6-4-13(5-7-14)11-22-18(24)15-8-9-16(19(25)26)21-12-15/h4-9,12H,2-3,10-11H2,1H3,(H,20,23)(H,22,24)(H,25,26). The molecule has 0 aliphatic heterocycles. The molecule has 1 aromatic carbocycles. The molecule has 2 aromatic rings. The second-order valence-corrected chi connectivity index (χ2v) is 5.73. The Labute approximate surface area is 151 Å². The third-order valence-electron chi connectivity index (χ3n) is 3.73. The number of carbonyl (C=O) groups excluding carboxylic acids is 2. The molecule has 1 heterocycles. The van der Waals surface area contributed by atoms with Gasteiger partial charge in [-0.15, -0.1) is 0 Å². The van der Waals surface area contributed by atoms with Gasteiger partial charge in [0.2, 0.25) is 0 Å². The van der Waals surface area contributed by atoms with Gasteiger partial charge in [0.25, 0.3) is 11.8 Å². The molecule has 7 heteroatoms. The van der Waals surface area contributed by atoms with Gasteiger partial charge in [-0.05, 0) is 36.2 Å². The second kappa shape index (κ2) is 9.31. The van der Waals surface area contributed by atoms with Crippen LogP contribution in [0.5, 0.6) is 0 Å². The van der Waals surface area contributed by atoms with Crippen molar-refractivity contribution in [2.24, 2.45) is 0 Å². The number of carboxylic acids is 1. The summed E-state index contributed by atoms with van der Waals surface area (Å²) in [5.41, 5.74) is 1.58. The van der Waals surface area contributed by atoms with E-state index in [1.165, 1.54) is 18.3 Å². The first-order valence-corrected chi connectivity index (χ1v) is 8.36. The van der Waals surface area contributed by atoms with Crippen LogP contribution in [0.15, 0.2) is 42.6 Å². The number of hydrogen-bond donors (Lipinski definition) is 3. The highest BCUT2D eigenvalue weighted by Crippen LogP contribution is 2.06. The summed E-state index contributed by atoms with van der Waals surface area (Å²) in [5, 5.41) is 14.4. The molecule has 0 saturated carbocycles. The van der Waals surface area contributed by atoms with Crippen molar-refractivity contribution in [3.63, 3.8) is 0 Å². The molecule has 136 valence electrons. The number of benzene rings is 1. The van der Waals surface area contributed by atoms with Crippen LogP contribution in [-0.4, -0.2) is 34.4 Å². The Kier molecular flexibility index (Phi) is 6.84. The number of aromatic carboxylic acids is 1. The smallest absolute Gasteiger partial charge is 0.354 e. The molecule has 0 atom stereocenters. The molecule has 0 radical (unpaired) electrons. The number of rotatable bonds is 8. The number of unbranched alkanes of at least 4 members (excludes halogenated alkanes) is 1. The average Bonchev–Trinajstić information content (AvgIpc) is 2.66. The summed E-state index contributed by atoms with van der Waals surface area (Å²) in [4.78, 5) is 38.4. The molecule has 0 aliphatic carbocycles. The van der Waals surface area contributed by atoms with Gasteiger partial charge in [-0.1, -0.05) is 25.5 Å². The van der Waals surface area contributed by atoms with Gasteiger partial charge in [0, 0.05) is 24.8 Å². The van der Waals surface area contributed by atoms with Crippen molar-refractivity contribution < 1.29 is 19.5 Å². The normalized spacial score (nSPS) is 10.2. The maximum Gasteiger partial charge on any atom is 0.354 e. The Morgan fingerprint density at radius 1 is 0.962 bits per heavy atom. The predicted molar refractivity (Wildman–Crippen MR) is 96.0 cm³/mol. The van der Waals surface area contributed by atoms with Gasteiger partial charge in [-0.25, -0.2) is 9.78 Å². The molecule has 0 unspecified atom stereocenters. The summed E-state index contributed by atoms with van der Waals surface area (Å²) in [6.07, 6.45) is 3.19. The molecule has 1 aromatic heterocycles. The van der Waals surface area contributed by atoms with E-state index in [4.69, 9.17) is 5.11 Å². The van der Waals surface area contributed by atoms with Gasteiger partial charge >= 0.3 is 5.97 Å². The maximum absolute atomic E-state index is 12.1. The zero-order valence-corrected chi connectivity index (χ0v) is 14.5. The number of nitrogens with zero attached hydrogens (tertiary/aromatic N) is 1. The minimum atomic E-state index is -1.14. The van der Waals surface area contributed by atoms with Crippen LogP contribution in [0, 0.1) is 0 Å². The molecule has 3 N–H and O–H groups in total. The average molecular weight is 355 g/mol. The molecule has 7 nitrogen and oxygen atoms in total.